The van der Waals surface area contributed by atoms with Gasteiger partial charge in [0.05, 0.1) is 12.2 Å². The van der Waals surface area contributed by atoms with Crippen molar-refractivity contribution < 1.29 is 28.5 Å². The number of nitrogens with two attached hydrogens (primary N) is 2. The average Bonchev–Trinajstić information content (AvgIpc) is 2.91. The van der Waals surface area contributed by atoms with Gasteiger partial charge in [-0.3, -0.25) is 0 Å². The van der Waals surface area contributed by atoms with Crippen LogP contribution in [0.25, 0.3) is 6.08 Å². The third-order valence-corrected chi connectivity index (χ3v) is 5.40. The Morgan fingerprint density at radius 2 is 1.34 bits per heavy atom. The van der Waals surface area contributed by atoms with Crippen LogP contribution in [0.3, 0.4) is 0 Å². The predicted octanol–water partition coefficient (Wildman–Crippen LogP) is 5.66. The number of carbonyl (C=O) groups excluding carboxylic acids is 2. The van der Waals surface area contributed by atoms with Gasteiger partial charge in [-0.05, 0) is 72.7 Å². The van der Waals surface area contributed by atoms with E-state index in [1.54, 1.807) is 60.7 Å². The number of ether oxygens (including phenoxy) is 4. The molecule has 3 rings (SSSR count). The molecule has 4 N–H and O–H groups in total. The van der Waals surface area contributed by atoms with E-state index in [0.29, 0.717) is 29.5 Å². The third kappa shape index (κ3) is 9.89. The van der Waals surface area contributed by atoms with Crippen molar-refractivity contribution in [2.75, 3.05) is 31.3 Å². The largest absolute Gasteiger partial charge is 0.494 e. The van der Waals surface area contributed by atoms with Crippen LogP contribution in [-0.4, -0.2) is 31.8 Å². The molecular formula is C30H34N2O6. The first-order valence-electron chi connectivity index (χ1n) is 12.6. The summed E-state index contributed by atoms with van der Waals surface area (Å²) in [6, 6.07) is 18.7. The van der Waals surface area contributed by atoms with Gasteiger partial charge in [0.2, 0.25) is 0 Å². The van der Waals surface area contributed by atoms with Crippen LogP contribution in [0.1, 0.15) is 48.5 Å². The molecular weight excluding hydrogens is 484 g/mol. The smallest absolute Gasteiger partial charge is 0.338 e. The lowest BCUT2D eigenvalue weighted by Gasteiger charge is -2.08. The van der Waals surface area contributed by atoms with Gasteiger partial charge in [0.15, 0.2) is 0 Å². The van der Waals surface area contributed by atoms with Gasteiger partial charge in [0, 0.05) is 17.5 Å². The quantitative estimate of drug-likeness (QED) is 0.0921. The monoisotopic (exact) mass is 518 g/mol. The lowest BCUT2D eigenvalue weighted by Crippen LogP contribution is -2.13. The Morgan fingerprint density at radius 3 is 2.00 bits per heavy atom. The standard InChI is InChI=1S/C30H34N2O6/c1-2-3-4-5-16-35-27-11-13-28(14-12-27)38-29(33)15-8-22-6-9-26(10-7-22)36-17-18-37-30(34)23-19-24(31)21-25(32)20-23/h6-15,19-21H,2-5,16-18,31-32H2,1H3. The molecule has 0 aliphatic carbocycles. The van der Waals surface area contributed by atoms with Crippen LogP contribution in [0.5, 0.6) is 17.2 Å². The summed E-state index contributed by atoms with van der Waals surface area (Å²) in [6.07, 6.45) is 7.60. The molecule has 200 valence electrons. The van der Waals surface area contributed by atoms with Crippen molar-refractivity contribution in [1.29, 1.82) is 0 Å². The number of carbonyl (C=O) groups is 2. The summed E-state index contributed by atoms with van der Waals surface area (Å²) >= 11 is 0. The Kier molecular flexibility index (Phi) is 11.1. The molecule has 8 heteroatoms. The summed E-state index contributed by atoms with van der Waals surface area (Å²) in [4.78, 5) is 24.2. The minimum atomic E-state index is -0.526. The van der Waals surface area contributed by atoms with E-state index in [4.69, 9.17) is 30.4 Å². The molecule has 0 aromatic heterocycles. The van der Waals surface area contributed by atoms with Gasteiger partial charge in [0.1, 0.15) is 30.5 Å². The number of esters is 2. The highest BCUT2D eigenvalue weighted by Crippen LogP contribution is 2.19. The number of benzene rings is 3. The maximum atomic E-state index is 12.2. The highest BCUT2D eigenvalue weighted by Gasteiger charge is 2.09. The summed E-state index contributed by atoms with van der Waals surface area (Å²) in [6.45, 7) is 3.09. The van der Waals surface area contributed by atoms with Crippen molar-refractivity contribution in [3.63, 3.8) is 0 Å². The minimum Gasteiger partial charge on any atom is -0.494 e. The van der Waals surface area contributed by atoms with E-state index in [2.05, 4.69) is 6.92 Å². The second-order valence-electron chi connectivity index (χ2n) is 8.58. The van der Waals surface area contributed by atoms with Gasteiger partial charge in [-0.2, -0.15) is 0 Å². The fraction of sp³-hybridized carbons (Fsp3) is 0.267. The first kappa shape index (κ1) is 28.1. The van der Waals surface area contributed by atoms with Crippen molar-refractivity contribution >= 4 is 29.4 Å². The van der Waals surface area contributed by atoms with Crippen molar-refractivity contribution in [2.45, 2.75) is 32.6 Å². The first-order chi connectivity index (χ1) is 18.4. The molecule has 0 heterocycles. The Bertz CT molecular complexity index is 1190. The van der Waals surface area contributed by atoms with Gasteiger partial charge >= 0.3 is 11.9 Å². The zero-order valence-electron chi connectivity index (χ0n) is 21.6. The van der Waals surface area contributed by atoms with Crippen LogP contribution in [0.2, 0.25) is 0 Å². The molecule has 0 aliphatic rings. The van der Waals surface area contributed by atoms with E-state index < -0.39 is 11.9 Å². The lowest BCUT2D eigenvalue weighted by atomic mass is 10.2. The number of rotatable bonds is 14. The lowest BCUT2D eigenvalue weighted by molar-refractivity contribution is -0.128. The number of hydrogen-bond donors (Lipinski definition) is 2. The highest BCUT2D eigenvalue weighted by atomic mass is 16.6. The van der Waals surface area contributed by atoms with E-state index >= 15 is 0 Å². The van der Waals surface area contributed by atoms with Crippen LogP contribution < -0.4 is 25.7 Å². The summed E-state index contributed by atoms with van der Waals surface area (Å²) < 4.78 is 21.8. The maximum Gasteiger partial charge on any atom is 0.338 e. The zero-order valence-corrected chi connectivity index (χ0v) is 21.6. The Balaban J connectivity index is 1.36. The van der Waals surface area contributed by atoms with Crippen molar-refractivity contribution in [1.82, 2.24) is 0 Å². The van der Waals surface area contributed by atoms with Crippen LogP contribution in [0, 0.1) is 0 Å². The molecule has 8 nitrogen and oxygen atoms in total. The molecule has 3 aromatic carbocycles. The van der Waals surface area contributed by atoms with Gasteiger partial charge < -0.3 is 30.4 Å². The fourth-order valence-corrected chi connectivity index (χ4v) is 3.48. The molecule has 0 amide bonds. The topological polar surface area (TPSA) is 123 Å². The maximum absolute atomic E-state index is 12.2. The van der Waals surface area contributed by atoms with Crippen LogP contribution >= 0.6 is 0 Å². The first-order valence-corrected chi connectivity index (χ1v) is 12.6. The molecule has 0 saturated carbocycles. The summed E-state index contributed by atoms with van der Waals surface area (Å²) in [7, 11) is 0. The van der Waals surface area contributed by atoms with Gasteiger partial charge in [0.25, 0.3) is 0 Å². The van der Waals surface area contributed by atoms with Gasteiger partial charge in [-0.15, -0.1) is 0 Å². The molecule has 0 radical (unpaired) electrons. The minimum absolute atomic E-state index is 0.0626. The molecule has 0 unspecified atom stereocenters. The fourth-order valence-electron chi connectivity index (χ4n) is 3.48. The van der Waals surface area contributed by atoms with Crippen LogP contribution in [-0.2, 0) is 9.53 Å². The Morgan fingerprint density at radius 1 is 0.737 bits per heavy atom. The van der Waals surface area contributed by atoms with Crippen LogP contribution in [0.4, 0.5) is 11.4 Å². The summed E-state index contributed by atoms with van der Waals surface area (Å²) in [5, 5.41) is 0. The molecule has 0 bridgehead atoms. The van der Waals surface area contributed by atoms with E-state index in [0.717, 1.165) is 24.2 Å². The van der Waals surface area contributed by atoms with Gasteiger partial charge in [-0.1, -0.05) is 38.3 Å². The SMILES string of the molecule is CCCCCCOc1ccc(OC(=O)C=Cc2ccc(OCCOC(=O)c3cc(N)cc(N)c3)cc2)cc1. The van der Waals surface area contributed by atoms with E-state index in [-0.39, 0.29) is 18.8 Å². The van der Waals surface area contributed by atoms with E-state index in [9.17, 15) is 9.59 Å². The summed E-state index contributed by atoms with van der Waals surface area (Å²) in [5.41, 5.74) is 13.3. The zero-order chi connectivity index (χ0) is 27.2. The number of nitrogen functional groups attached to an aromatic ring is 2. The molecule has 0 fully saturated rings. The number of hydrogen-bond acceptors (Lipinski definition) is 8. The molecule has 3 aromatic rings. The average molecular weight is 519 g/mol. The third-order valence-electron chi connectivity index (χ3n) is 5.40. The van der Waals surface area contributed by atoms with E-state index in [1.807, 2.05) is 0 Å². The Hall–Kier alpha value is -4.46. The second kappa shape index (κ2) is 14.9. The molecule has 0 spiro atoms. The predicted molar refractivity (Wildman–Crippen MR) is 148 cm³/mol. The molecule has 38 heavy (non-hydrogen) atoms. The normalized spacial score (nSPS) is 10.8. The molecule has 0 atom stereocenters. The number of unbranched alkanes of at least 4 members (excludes halogenated alkanes) is 3. The van der Waals surface area contributed by atoms with E-state index in [1.165, 1.54) is 31.1 Å². The highest BCUT2D eigenvalue weighted by molar-refractivity contribution is 5.91. The van der Waals surface area contributed by atoms with Crippen LogP contribution in [0.15, 0.2) is 72.8 Å². The number of anilines is 2. The van der Waals surface area contributed by atoms with Crippen molar-refractivity contribution in [3.8, 4) is 17.2 Å². The van der Waals surface area contributed by atoms with Crippen molar-refractivity contribution in [3.05, 3.63) is 83.9 Å². The second-order valence-corrected chi connectivity index (χ2v) is 8.58. The summed E-state index contributed by atoms with van der Waals surface area (Å²) in [5.74, 6) is 0.788. The van der Waals surface area contributed by atoms with Crippen molar-refractivity contribution in [2.24, 2.45) is 0 Å². The molecule has 0 saturated heterocycles. The molecule has 0 aliphatic heterocycles. The Labute approximate surface area is 223 Å². The van der Waals surface area contributed by atoms with Gasteiger partial charge in [-0.25, -0.2) is 9.59 Å².